The van der Waals surface area contributed by atoms with Gasteiger partial charge in [-0.05, 0) is 25.1 Å². The fourth-order valence-corrected chi connectivity index (χ4v) is 2.61. The Morgan fingerprint density at radius 1 is 1.20 bits per heavy atom. The van der Waals surface area contributed by atoms with Gasteiger partial charge in [0.2, 0.25) is 0 Å². The summed E-state index contributed by atoms with van der Waals surface area (Å²) in [4.78, 5) is 2.32. The SMILES string of the molecule is CCCNCC(C)(CN(CC)CCO)c1ccccc1. The van der Waals surface area contributed by atoms with Gasteiger partial charge in [-0.3, -0.25) is 0 Å². The number of hydrogen-bond acceptors (Lipinski definition) is 3. The first-order valence-corrected chi connectivity index (χ1v) is 7.75. The molecule has 0 spiro atoms. The molecular formula is C17H30N2O. The fourth-order valence-electron chi connectivity index (χ4n) is 2.61. The summed E-state index contributed by atoms with van der Waals surface area (Å²) in [6.07, 6.45) is 1.15. The van der Waals surface area contributed by atoms with E-state index >= 15 is 0 Å². The van der Waals surface area contributed by atoms with Gasteiger partial charge in [-0.25, -0.2) is 0 Å². The summed E-state index contributed by atoms with van der Waals surface area (Å²) in [5.74, 6) is 0. The molecule has 0 aromatic heterocycles. The highest BCUT2D eigenvalue weighted by Gasteiger charge is 2.28. The van der Waals surface area contributed by atoms with E-state index in [4.69, 9.17) is 0 Å². The summed E-state index contributed by atoms with van der Waals surface area (Å²) < 4.78 is 0. The van der Waals surface area contributed by atoms with E-state index in [1.165, 1.54) is 5.56 Å². The van der Waals surface area contributed by atoms with Crippen molar-refractivity contribution >= 4 is 0 Å². The van der Waals surface area contributed by atoms with Crippen LogP contribution in [0.25, 0.3) is 0 Å². The van der Waals surface area contributed by atoms with E-state index in [2.05, 4.69) is 61.3 Å². The number of nitrogens with zero attached hydrogens (tertiary/aromatic N) is 1. The molecule has 0 saturated heterocycles. The molecule has 0 aliphatic carbocycles. The van der Waals surface area contributed by atoms with Crippen molar-refractivity contribution in [3.05, 3.63) is 35.9 Å². The summed E-state index contributed by atoms with van der Waals surface area (Å²) >= 11 is 0. The standard InChI is InChI=1S/C17H30N2O/c1-4-11-18-14-17(3,15-19(5-2)12-13-20)16-9-7-6-8-10-16/h6-10,18,20H,4-5,11-15H2,1-3H3. The van der Waals surface area contributed by atoms with Crippen LogP contribution in [0.3, 0.4) is 0 Å². The lowest BCUT2D eigenvalue weighted by atomic mass is 9.81. The third kappa shape index (κ3) is 5.23. The Morgan fingerprint density at radius 3 is 2.45 bits per heavy atom. The number of nitrogens with one attached hydrogen (secondary N) is 1. The minimum absolute atomic E-state index is 0.0710. The summed E-state index contributed by atoms with van der Waals surface area (Å²) in [6.45, 7) is 11.6. The van der Waals surface area contributed by atoms with Crippen molar-refractivity contribution < 1.29 is 5.11 Å². The molecule has 0 radical (unpaired) electrons. The van der Waals surface area contributed by atoms with Gasteiger partial charge in [0, 0.05) is 25.0 Å². The molecule has 3 nitrogen and oxygen atoms in total. The minimum atomic E-state index is 0.0710. The van der Waals surface area contributed by atoms with Crippen LogP contribution in [0.5, 0.6) is 0 Å². The van der Waals surface area contributed by atoms with Gasteiger partial charge in [0.1, 0.15) is 0 Å². The largest absolute Gasteiger partial charge is 0.395 e. The van der Waals surface area contributed by atoms with Crippen LogP contribution in [0, 0.1) is 0 Å². The van der Waals surface area contributed by atoms with E-state index < -0.39 is 0 Å². The number of benzene rings is 1. The Hall–Kier alpha value is -0.900. The maximum Gasteiger partial charge on any atom is 0.0558 e. The normalized spacial score (nSPS) is 14.4. The zero-order valence-corrected chi connectivity index (χ0v) is 13.2. The van der Waals surface area contributed by atoms with E-state index in [0.717, 1.165) is 39.1 Å². The van der Waals surface area contributed by atoms with Crippen LogP contribution in [0.15, 0.2) is 30.3 Å². The van der Waals surface area contributed by atoms with Crippen LogP contribution in [-0.4, -0.2) is 49.3 Å². The van der Waals surface area contributed by atoms with Gasteiger partial charge in [-0.1, -0.05) is 51.1 Å². The zero-order chi connectivity index (χ0) is 14.8. The lowest BCUT2D eigenvalue weighted by Crippen LogP contribution is -2.46. The molecule has 0 fully saturated rings. The third-order valence-corrected chi connectivity index (χ3v) is 3.85. The van der Waals surface area contributed by atoms with Crippen molar-refractivity contribution in [2.45, 2.75) is 32.6 Å². The molecule has 1 aromatic rings. The molecule has 0 bridgehead atoms. The predicted octanol–water partition coefficient (Wildman–Crippen LogP) is 2.26. The Labute approximate surface area is 124 Å². The quantitative estimate of drug-likeness (QED) is 0.644. The molecule has 3 heteroatoms. The highest BCUT2D eigenvalue weighted by atomic mass is 16.3. The maximum absolute atomic E-state index is 9.19. The topological polar surface area (TPSA) is 35.5 Å². The van der Waals surface area contributed by atoms with Crippen molar-refractivity contribution in [1.29, 1.82) is 0 Å². The van der Waals surface area contributed by atoms with Crippen molar-refractivity contribution in [3.8, 4) is 0 Å². The van der Waals surface area contributed by atoms with Crippen molar-refractivity contribution in [2.75, 3.05) is 39.3 Å². The fraction of sp³-hybridized carbons (Fsp3) is 0.647. The van der Waals surface area contributed by atoms with Crippen LogP contribution in [0.4, 0.5) is 0 Å². The first kappa shape index (κ1) is 17.2. The lowest BCUT2D eigenvalue weighted by Gasteiger charge is -2.36. The monoisotopic (exact) mass is 278 g/mol. The van der Waals surface area contributed by atoms with Crippen LogP contribution in [-0.2, 0) is 5.41 Å². The van der Waals surface area contributed by atoms with Crippen LogP contribution in [0.1, 0.15) is 32.8 Å². The van der Waals surface area contributed by atoms with Crippen LogP contribution >= 0.6 is 0 Å². The second-order valence-corrected chi connectivity index (χ2v) is 5.70. The van der Waals surface area contributed by atoms with Crippen molar-refractivity contribution in [1.82, 2.24) is 10.2 Å². The molecule has 2 N–H and O–H groups in total. The first-order chi connectivity index (χ1) is 9.66. The second kappa shape index (κ2) is 9.11. The molecule has 20 heavy (non-hydrogen) atoms. The van der Waals surface area contributed by atoms with Gasteiger partial charge in [-0.15, -0.1) is 0 Å². The molecule has 0 amide bonds. The van der Waals surface area contributed by atoms with E-state index in [1.807, 2.05) is 0 Å². The van der Waals surface area contributed by atoms with Gasteiger partial charge in [0.15, 0.2) is 0 Å². The highest BCUT2D eigenvalue weighted by molar-refractivity contribution is 5.25. The van der Waals surface area contributed by atoms with Crippen LogP contribution in [0.2, 0.25) is 0 Å². The van der Waals surface area contributed by atoms with Gasteiger partial charge in [0.05, 0.1) is 6.61 Å². The lowest BCUT2D eigenvalue weighted by molar-refractivity contribution is 0.171. The summed E-state index contributed by atoms with van der Waals surface area (Å²) in [5, 5.41) is 12.7. The maximum atomic E-state index is 9.19. The molecule has 0 saturated carbocycles. The van der Waals surface area contributed by atoms with Gasteiger partial charge in [0.25, 0.3) is 0 Å². The molecule has 1 rings (SSSR count). The third-order valence-electron chi connectivity index (χ3n) is 3.85. The molecular weight excluding hydrogens is 248 g/mol. The Bertz CT molecular complexity index is 355. The molecule has 1 aromatic carbocycles. The molecule has 0 aliphatic rings. The summed E-state index contributed by atoms with van der Waals surface area (Å²) in [7, 11) is 0. The first-order valence-electron chi connectivity index (χ1n) is 7.75. The molecule has 114 valence electrons. The zero-order valence-electron chi connectivity index (χ0n) is 13.2. The highest BCUT2D eigenvalue weighted by Crippen LogP contribution is 2.24. The summed E-state index contributed by atoms with van der Waals surface area (Å²) in [5.41, 5.74) is 1.43. The number of aliphatic hydroxyl groups excluding tert-OH is 1. The number of hydrogen-bond donors (Lipinski definition) is 2. The Kier molecular flexibility index (Phi) is 7.82. The Balaban J connectivity index is 2.83. The number of aliphatic hydroxyl groups is 1. The van der Waals surface area contributed by atoms with Crippen molar-refractivity contribution in [2.24, 2.45) is 0 Å². The summed E-state index contributed by atoms with van der Waals surface area (Å²) in [6, 6.07) is 10.7. The number of likely N-dealkylation sites (N-methyl/N-ethyl adjacent to an activating group) is 1. The van der Waals surface area contributed by atoms with Gasteiger partial charge in [-0.2, -0.15) is 0 Å². The molecule has 1 unspecified atom stereocenters. The molecule has 0 heterocycles. The second-order valence-electron chi connectivity index (χ2n) is 5.70. The van der Waals surface area contributed by atoms with Crippen molar-refractivity contribution in [3.63, 3.8) is 0 Å². The Morgan fingerprint density at radius 2 is 1.90 bits per heavy atom. The molecule has 1 atom stereocenters. The average molecular weight is 278 g/mol. The number of rotatable bonds is 10. The average Bonchev–Trinajstić information content (AvgIpc) is 2.48. The smallest absolute Gasteiger partial charge is 0.0558 e. The van der Waals surface area contributed by atoms with E-state index in [1.54, 1.807) is 0 Å². The van der Waals surface area contributed by atoms with E-state index in [9.17, 15) is 5.11 Å². The van der Waals surface area contributed by atoms with Gasteiger partial charge >= 0.3 is 0 Å². The van der Waals surface area contributed by atoms with E-state index in [0.29, 0.717) is 0 Å². The minimum Gasteiger partial charge on any atom is -0.395 e. The predicted molar refractivity (Wildman–Crippen MR) is 86.2 cm³/mol. The van der Waals surface area contributed by atoms with Gasteiger partial charge < -0.3 is 15.3 Å². The molecule has 0 aliphatic heterocycles. The van der Waals surface area contributed by atoms with Crippen LogP contribution < -0.4 is 5.32 Å². The van der Waals surface area contributed by atoms with E-state index in [-0.39, 0.29) is 12.0 Å².